The molecule has 4 nitrogen and oxygen atoms in total. The maximum atomic E-state index is 9.87. The van der Waals surface area contributed by atoms with Crippen molar-refractivity contribution in [2.45, 2.75) is 109 Å². The number of benzene rings is 8. The van der Waals surface area contributed by atoms with Gasteiger partial charge in [0.2, 0.25) is 0 Å². The molecule has 0 saturated carbocycles. The van der Waals surface area contributed by atoms with Gasteiger partial charge in [-0.25, -0.2) is 18.3 Å². The second-order valence-corrected chi connectivity index (χ2v) is 37.1. The van der Waals surface area contributed by atoms with Gasteiger partial charge in [0, 0.05) is 70.8 Å². The predicted molar refractivity (Wildman–Crippen MR) is 418 cm³/mol. The number of rotatable bonds is 0. The molecule has 32 heteroatoms. The summed E-state index contributed by atoms with van der Waals surface area (Å²) in [5.74, 6) is 0. The van der Waals surface area contributed by atoms with E-state index in [0.717, 1.165) is 26.2 Å². The van der Waals surface area contributed by atoms with Crippen LogP contribution in [-0.2, 0) is 26.2 Å². The zero-order valence-electron chi connectivity index (χ0n) is 64.3. The molecule has 0 amide bonds. The van der Waals surface area contributed by atoms with E-state index >= 15 is 0 Å². The van der Waals surface area contributed by atoms with Crippen molar-refractivity contribution in [2.24, 2.45) is 0 Å². The van der Waals surface area contributed by atoms with E-state index in [1.54, 1.807) is 0 Å². The number of pyridine rings is 4. The number of aryl methyl sites for hydroxylation is 12. The molecule has 8 aromatic carbocycles. The number of hydrogen-bond acceptors (Lipinski definition) is 0. The fourth-order valence-electron chi connectivity index (χ4n) is 13.8. The van der Waals surface area contributed by atoms with Crippen LogP contribution in [0.15, 0.2) is 219 Å². The van der Waals surface area contributed by atoms with Gasteiger partial charge in [-0.2, -0.15) is 0 Å². The molecule has 0 N–H and O–H groups in total. The Balaban J connectivity index is 0.000000470. The third-order valence-corrected chi connectivity index (χ3v) is 18.9. The van der Waals surface area contributed by atoms with E-state index in [1.807, 2.05) is 0 Å². The van der Waals surface area contributed by atoms with Crippen molar-refractivity contribution in [3.63, 3.8) is 0 Å². The molecule has 0 fully saturated rings. The second kappa shape index (κ2) is 29.2. The number of hydrogen-bond donors (Lipinski definition) is 0. The Labute approximate surface area is 654 Å². The Morgan fingerprint density at radius 3 is 0.371 bits per heavy atom. The molecule has 0 radical (unpaired) electrons. The molecule has 0 aliphatic carbocycles. The molecular weight excluding hydrogens is 1640 g/mol. The van der Waals surface area contributed by atoms with E-state index in [2.05, 4.69) is 321 Å². The summed E-state index contributed by atoms with van der Waals surface area (Å²) in [6.07, 6.45) is 17.8. The van der Waals surface area contributed by atoms with E-state index in [4.69, 9.17) is 0 Å². The zero-order valence-corrected chi connectivity index (χ0v) is 67.8. The molecule has 24 bridgehead atoms. The van der Waals surface area contributed by atoms with Gasteiger partial charge in [0.25, 0.3) is 0 Å². The van der Waals surface area contributed by atoms with Crippen molar-refractivity contribution in [1.29, 1.82) is 0 Å². The minimum atomic E-state index is -10.7. The summed E-state index contributed by atoms with van der Waals surface area (Å²) in [7, 11) is -42.6. The van der Waals surface area contributed by atoms with Crippen molar-refractivity contribution in [3.05, 3.63) is 308 Å². The topological polar surface area (TPSA) is 15.5 Å². The summed E-state index contributed by atoms with van der Waals surface area (Å²) >= 11 is 0. The predicted octanol–water partition coefficient (Wildman–Crippen LogP) is 31.9. The van der Waals surface area contributed by atoms with Crippen LogP contribution in [0, 0.1) is 83.1 Å². The summed E-state index contributed by atoms with van der Waals surface area (Å²) in [5, 5.41) is 0. The molecule has 0 saturated heterocycles. The molecule has 46 rings (SSSR count). The van der Waals surface area contributed by atoms with Crippen molar-refractivity contribution < 1.29 is 119 Å². The van der Waals surface area contributed by atoms with Crippen LogP contribution < -0.4 is 18.3 Å². The second-order valence-electron chi connectivity index (χ2n) is 29.4. The number of aromatic nitrogens is 4. The summed E-state index contributed by atoms with van der Waals surface area (Å²) in [4.78, 5) is 0. The fraction of sp³-hybridized carbons (Fsp3) is 0.190. The maximum absolute atomic E-state index is 10.7. The van der Waals surface area contributed by atoms with Crippen LogP contribution in [-0.4, -0.2) is 0 Å². The molecular formula is C84H80F24N4P4. The van der Waals surface area contributed by atoms with Crippen molar-refractivity contribution in [3.8, 4) is 89.0 Å². The van der Waals surface area contributed by atoms with Crippen molar-refractivity contribution in [1.82, 2.24) is 0 Å². The molecule has 34 aliphatic rings. The van der Waals surface area contributed by atoms with Crippen molar-refractivity contribution >= 4 is 31.2 Å². The van der Waals surface area contributed by atoms with Crippen LogP contribution in [0.2, 0.25) is 0 Å². The van der Waals surface area contributed by atoms with Crippen LogP contribution >= 0.6 is 31.2 Å². The first kappa shape index (κ1) is 90.3. The van der Waals surface area contributed by atoms with Crippen LogP contribution in [0.3, 0.4) is 0 Å². The van der Waals surface area contributed by atoms with Gasteiger partial charge < -0.3 is 0 Å². The number of halogens is 24. The Hall–Kier alpha value is -9.60. The summed E-state index contributed by atoms with van der Waals surface area (Å²) in [5.41, 5.74) is 40.9. The Morgan fingerprint density at radius 1 is 0.164 bits per heavy atom. The van der Waals surface area contributed by atoms with Crippen molar-refractivity contribution in [2.75, 3.05) is 0 Å². The standard InChI is InChI=1S/C84H80N4.4F6P/c1-53-41-77-57(5)37-73(53)69-21-29-85(30-22-69)49-65-13-15-66(16-14-65)50-86-33-25-71(26-34-86)75-39-59(7)79(43-55(75)3)83-47-64(12)84(48-63(83)11)80-44-56(4)76(40-60(80)8)72-27-35-88(36-28-72)52-68-19-17-67(18-20-68)51-87-31-23-70(24-32-87)74-38-58(6)78(42-54(74)2)82-46-61(9)81(77)45-62(82)10;4*1-7(2,3,4,5)6/h13-48H,49-52H2,1-12H3;;;;/q+4;4*-1. The first-order valence-electron chi connectivity index (χ1n) is 35.3. The van der Waals surface area contributed by atoms with Crippen LogP contribution in [0.4, 0.5) is 101 Å². The van der Waals surface area contributed by atoms with Gasteiger partial charge in [0.1, 0.15) is 0 Å². The monoisotopic (exact) mass is 1720 g/mol. The van der Waals surface area contributed by atoms with Crippen LogP contribution in [0.1, 0.15) is 89.0 Å². The van der Waals surface area contributed by atoms with Gasteiger partial charge in [-0.15, -0.1) is 0 Å². The van der Waals surface area contributed by atoms with Gasteiger partial charge in [-0.05, 0) is 239 Å². The summed E-state index contributed by atoms with van der Waals surface area (Å²) in [6.45, 7) is 30.4. The van der Waals surface area contributed by atoms with E-state index < -0.39 is 31.2 Å². The Kier molecular flexibility index (Phi) is 22.7. The van der Waals surface area contributed by atoms with Gasteiger partial charge >= 0.3 is 132 Å². The minimum absolute atomic E-state index is 0.811. The molecule has 624 valence electrons. The molecule has 116 heavy (non-hydrogen) atoms. The van der Waals surface area contributed by atoms with Gasteiger partial charge in [0.05, 0.1) is 0 Å². The quantitative estimate of drug-likeness (QED) is 0.0817. The molecule has 0 spiro atoms. The average molecular weight is 1730 g/mol. The molecule has 34 aliphatic heterocycles. The van der Waals surface area contributed by atoms with Gasteiger partial charge in [-0.3, -0.25) is 0 Å². The summed E-state index contributed by atoms with van der Waals surface area (Å²) in [6, 6.07) is 65.1. The molecule has 12 aromatic rings. The third-order valence-electron chi connectivity index (χ3n) is 18.9. The molecule has 38 heterocycles. The summed E-state index contributed by atoms with van der Waals surface area (Å²) < 4.78 is 246. The Bertz CT molecular complexity index is 4990. The van der Waals surface area contributed by atoms with E-state index in [1.165, 1.54) is 178 Å². The zero-order chi connectivity index (χ0) is 86.7. The fourth-order valence-corrected chi connectivity index (χ4v) is 13.8. The van der Waals surface area contributed by atoms with E-state index in [0.29, 0.717) is 0 Å². The Morgan fingerprint density at radius 2 is 0.259 bits per heavy atom. The average Bonchev–Trinajstić information content (AvgIpc) is 0.762. The van der Waals surface area contributed by atoms with Gasteiger partial charge in [-0.1, -0.05) is 121 Å². The third kappa shape index (κ3) is 29.5. The van der Waals surface area contributed by atoms with E-state index in [-0.39, 0.29) is 0 Å². The van der Waals surface area contributed by atoms with E-state index in [9.17, 15) is 101 Å². The van der Waals surface area contributed by atoms with Gasteiger partial charge in [0.15, 0.2) is 75.8 Å². The normalized spacial score (nSPS) is 14.8. The molecule has 0 atom stereocenters. The first-order valence-corrected chi connectivity index (χ1v) is 43.5. The molecule has 4 aromatic heterocycles. The van der Waals surface area contributed by atoms with Crippen LogP contribution in [0.5, 0.6) is 0 Å². The van der Waals surface area contributed by atoms with Crippen LogP contribution in [0.25, 0.3) is 89.0 Å². The first-order chi connectivity index (χ1) is 52.3. The number of nitrogens with zero attached hydrogens (tertiary/aromatic N) is 4. The SMILES string of the molecule is Cc1cc2c(C)cc1-c1cc[n+](cc1)Cc1ccc(cc1)C[n+]1ccc(cc1)-c1cc(C)c(cc1C)-c1cc(C)c(cc1C)-c1cc(C)c(cc1C)-c1cc[n+](cc1)Cc1ccc(cc1)C[n+]1ccc(cc1)-c1cc(C)c(cc1C)-c1cc(C)c-2cc1C.F[P-](F)(F)(F)(F)F.F[P-](F)(F)(F)(F)F.F[P-](F)(F)(F)(F)F.F[P-](F)(F)(F)(F)F. The molecule has 0 unspecified atom stereocenters.